The minimum Gasteiger partial charge on any atom is -0.493 e. The normalized spacial score (nSPS) is 18.9. The molecule has 0 amide bonds. The van der Waals surface area contributed by atoms with Crippen molar-refractivity contribution in [3.05, 3.63) is 41.0 Å². The molecule has 0 bridgehead atoms. The minimum absolute atomic E-state index is 0.151. The van der Waals surface area contributed by atoms with Gasteiger partial charge >= 0.3 is 5.97 Å². The standard InChI is InChI=1S/C27H34O8/c1-8-9-10-35-27(29)23-15(2)25(28)18-14-20(31-4)19(30-3)13-17(18)24(23)16-11-21(32-5)26(34-7)22(12-16)33-6/h11-15,23-24H,8-10H2,1-7H3. The Labute approximate surface area is 206 Å². The van der Waals surface area contributed by atoms with Gasteiger partial charge in [0.1, 0.15) is 0 Å². The van der Waals surface area contributed by atoms with Gasteiger partial charge in [-0.25, -0.2) is 0 Å². The molecule has 0 spiro atoms. The molecule has 190 valence electrons. The zero-order valence-corrected chi connectivity index (χ0v) is 21.4. The van der Waals surface area contributed by atoms with Gasteiger partial charge in [-0.1, -0.05) is 20.3 Å². The molecule has 0 aromatic heterocycles. The number of esters is 1. The molecule has 3 rings (SSSR count). The fourth-order valence-corrected chi connectivity index (χ4v) is 4.68. The van der Waals surface area contributed by atoms with Crippen LogP contribution in [0.1, 0.15) is 54.1 Å². The average molecular weight is 487 g/mol. The zero-order chi connectivity index (χ0) is 25.7. The molecular formula is C27H34O8. The van der Waals surface area contributed by atoms with Gasteiger partial charge in [-0.3, -0.25) is 9.59 Å². The molecule has 2 aromatic carbocycles. The Morgan fingerprint density at radius 3 is 1.91 bits per heavy atom. The van der Waals surface area contributed by atoms with Crippen molar-refractivity contribution >= 4 is 11.8 Å². The summed E-state index contributed by atoms with van der Waals surface area (Å²) in [6.45, 7) is 4.08. The number of hydrogen-bond donors (Lipinski definition) is 0. The van der Waals surface area contributed by atoms with Crippen LogP contribution in [0.3, 0.4) is 0 Å². The first kappa shape index (κ1) is 26.2. The number of rotatable bonds is 10. The lowest BCUT2D eigenvalue weighted by Crippen LogP contribution is -2.39. The Hall–Kier alpha value is -3.42. The van der Waals surface area contributed by atoms with Gasteiger partial charge in [0.15, 0.2) is 28.8 Å². The van der Waals surface area contributed by atoms with Gasteiger partial charge in [0, 0.05) is 17.4 Å². The monoisotopic (exact) mass is 486 g/mol. The van der Waals surface area contributed by atoms with Crippen molar-refractivity contribution in [2.24, 2.45) is 11.8 Å². The summed E-state index contributed by atoms with van der Waals surface area (Å²) >= 11 is 0. The van der Waals surface area contributed by atoms with E-state index in [0.717, 1.165) is 18.4 Å². The summed E-state index contributed by atoms with van der Waals surface area (Å²) in [5.74, 6) is -0.234. The minimum atomic E-state index is -0.757. The number of unbranched alkanes of at least 4 members (excludes halogenated alkanes) is 1. The molecule has 0 aliphatic heterocycles. The fraction of sp³-hybridized carbons (Fsp3) is 0.481. The number of fused-ring (bicyclic) bond motifs is 1. The van der Waals surface area contributed by atoms with Gasteiger partial charge in [-0.15, -0.1) is 0 Å². The van der Waals surface area contributed by atoms with Crippen LogP contribution in [0.15, 0.2) is 24.3 Å². The van der Waals surface area contributed by atoms with Crippen LogP contribution in [-0.4, -0.2) is 53.9 Å². The molecule has 0 saturated heterocycles. The van der Waals surface area contributed by atoms with Crippen molar-refractivity contribution in [3.8, 4) is 28.7 Å². The van der Waals surface area contributed by atoms with Gasteiger partial charge < -0.3 is 28.4 Å². The average Bonchev–Trinajstić information content (AvgIpc) is 2.88. The maximum absolute atomic E-state index is 13.5. The van der Waals surface area contributed by atoms with Crippen LogP contribution in [0, 0.1) is 11.8 Å². The molecule has 35 heavy (non-hydrogen) atoms. The summed E-state index contributed by atoms with van der Waals surface area (Å²) in [6, 6.07) is 7.05. The Morgan fingerprint density at radius 2 is 1.40 bits per heavy atom. The van der Waals surface area contributed by atoms with Crippen LogP contribution in [0.2, 0.25) is 0 Å². The maximum atomic E-state index is 13.5. The number of methoxy groups -OCH3 is 5. The van der Waals surface area contributed by atoms with Gasteiger partial charge in [-0.2, -0.15) is 0 Å². The molecule has 8 heteroatoms. The topological polar surface area (TPSA) is 89.5 Å². The zero-order valence-electron chi connectivity index (χ0n) is 21.4. The lowest BCUT2D eigenvalue weighted by molar-refractivity contribution is -0.150. The van der Waals surface area contributed by atoms with E-state index in [0.29, 0.717) is 46.5 Å². The van der Waals surface area contributed by atoms with E-state index in [1.807, 2.05) is 6.92 Å². The molecule has 0 saturated carbocycles. The quantitative estimate of drug-likeness (QED) is 0.354. The van der Waals surface area contributed by atoms with Gasteiger partial charge in [0.05, 0.1) is 48.1 Å². The van der Waals surface area contributed by atoms with E-state index in [1.165, 1.54) is 35.5 Å². The summed E-state index contributed by atoms with van der Waals surface area (Å²) in [5.41, 5.74) is 1.86. The van der Waals surface area contributed by atoms with E-state index in [2.05, 4.69) is 0 Å². The smallest absolute Gasteiger partial charge is 0.310 e. The fourth-order valence-electron chi connectivity index (χ4n) is 4.68. The van der Waals surface area contributed by atoms with Crippen molar-refractivity contribution in [2.45, 2.75) is 32.6 Å². The summed E-state index contributed by atoms with van der Waals surface area (Å²) in [6.07, 6.45) is 1.64. The van der Waals surface area contributed by atoms with Crippen LogP contribution in [-0.2, 0) is 9.53 Å². The third-order valence-corrected chi connectivity index (χ3v) is 6.53. The lowest BCUT2D eigenvalue weighted by atomic mass is 9.66. The van der Waals surface area contributed by atoms with Crippen LogP contribution < -0.4 is 23.7 Å². The van der Waals surface area contributed by atoms with E-state index in [1.54, 1.807) is 31.2 Å². The molecule has 0 radical (unpaired) electrons. The Kier molecular flexibility index (Phi) is 8.48. The molecule has 0 fully saturated rings. The number of Topliss-reactive ketones (excluding diaryl/α,β-unsaturated/α-hetero) is 1. The summed E-state index contributed by atoms with van der Waals surface area (Å²) in [7, 11) is 7.65. The number of carbonyl (C=O) groups is 2. The number of benzene rings is 2. The molecule has 3 unspecified atom stereocenters. The molecule has 3 atom stereocenters. The molecule has 8 nitrogen and oxygen atoms in total. The van der Waals surface area contributed by atoms with E-state index < -0.39 is 23.7 Å². The summed E-state index contributed by atoms with van der Waals surface area (Å²) < 4.78 is 33.2. The second kappa shape index (κ2) is 11.3. The van der Waals surface area contributed by atoms with Crippen molar-refractivity contribution < 1.29 is 38.0 Å². The molecule has 1 aliphatic carbocycles. The maximum Gasteiger partial charge on any atom is 0.310 e. The summed E-state index contributed by atoms with van der Waals surface area (Å²) in [4.78, 5) is 26.9. The van der Waals surface area contributed by atoms with Gasteiger partial charge in [-0.05, 0) is 41.8 Å². The van der Waals surface area contributed by atoms with Crippen molar-refractivity contribution in [1.29, 1.82) is 0 Å². The van der Waals surface area contributed by atoms with E-state index in [4.69, 9.17) is 28.4 Å². The predicted octanol–water partition coefficient (Wildman–Crippen LogP) is 4.65. The molecule has 0 N–H and O–H groups in total. The highest BCUT2D eigenvalue weighted by atomic mass is 16.5. The summed E-state index contributed by atoms with van der Waals surface area (Å²) in [5, 5.41) is 0. The van der Waals surface area contributed by atoms with Crippen molar-refractivity contribution in [2.75, 3.05) is 42.2 Å². The SMILES string of the molecule is CCCCOC(=O)C1C(C)C(=O)c2cc(OC)c(OC)cc2C1c1cc(OC)c(OC)c(OC)c1. The first-order valence-corrected chi connectivity index (χ1v) is 11.6. The van der Waals surface area contributed by atoms with Crippen LogP contribution in [0.5, 0.6) is 28.7 Å². The second-order valence-electron chi connectivity index (χ2n) is 8.43. The number of carbonyl (C=O) groups excluding carboxylic acids is 2. The van der Waals surface area contributed by atoms with E-state index in [9.17, 15) is 9.59 Å². The van der Waals surface area contributed by atoms with E-state index in [-0.39, 0.29) is 5.78 Å². The first-order chi connectivity index (χ1) is 16.9. The Balaban J connectivity index is 2.29. The largest absolute Gasteiger partial charge is 0.493 e. The number of ketones is 1. The molecule has 1 aliphatic rings. The Morgan fingerprint density at radius 1 is 0.829 bits per heavy atom. The molecule has 2 aromatic rings. The van der Waals surface area contributed by atoms with Crippen molar-refractivity contribution in [1.82, 2.24) is 0 Å². The number of ether oxygens (including phenoxy) is 6. The van der Waals surface area contributed by atoms with E-state index >= 15 is 0 Å². The third-order valence-electron chi connectivity index (χ3n) is 6.53. The van der Waals surface area contributed by atoms with Crippen LogP contribution in [0.4, 0.5) is 0 Å². The van der Waals surface area contributed by atoms with Crippen molar-refractivity contribution in [3.63, 3.8) is 0 Å². The second-order valence-corrected chi connectivity index (χ2v) is 8.43. The Bertz CT molecular complexity index is 1050. The highest BCUT2D eigenvalue weighted by molar-refractivity contribution is 6.04. The lowest BCUT2D eigenvalue weighted by Gasteiger charge is -2.36. The molecular weight excluding hydrogens is 452 g/mol. The van der Waals surface area contributed by atoms with Crippen LogP contribution >= 0.6 is 0 Å². The van der Waals surface area contributed by atoms with Crippen LogP contribution in [0.25, 0.3) is 0 Å². The number of hydrogen-bond acceptors (Lipinski definition) is 8. The molecule has 0 heterocycles. The first-order valence-electron chi connectivity index (χ1n) is 11.6. The highest BCUT2D eigenvalue weighted by Gasteiger charge is 2.46. The van der Waals surface area contributed by atoms with Gasteiger partial charge in [0.25, 0.3) is 0 Å². The highest BCUT2D eigenvalue weighted by Crippen LogP contribution is 2.50. The van der Waals surface area contributed by atoms with Gasteiger partial charge in [0.2, 0.25) is 5.75 Å². The third kappa shape index (κ3) is 4.88. The predicted molar refractivity (Wildman–Crippen MR) is 130 cm³/mol.